The van der Waals surface area contributed by atoms with Gasteiger partial charge in [0, 0.05) is 22.3 Å². The first-order valence-electron chi connectivity index (χ1n) is 19.0. The van der Waals surface area contributed by atoms with Crippen LogP contribution in [0.25, 0.3) is 89.4 Å². The fourth-order valence-corrected chi connectivity index (χ4v) is 7.33. The highest BCUT2D eigenvalue weighted by Gasteiger charge is 2.22. The van der Waals surface area contributed by atoms with Gasteiger partial charge >= 0.3 is 0 Å². The average Bonchev–Trinajstić information content (AvgIpc) is 3.26. The summed E-state index contributed by atoms with van der Waals surface area (Å²) in [5.41, 5.74) is 11.2. The van der Waals surface area contributed by atoms with E-state index >= 15 is 0 Å². The number of aromatic nitrogens is 3. The maximum absolute atomic E-state index is 8.68. The Morgan fingerprint density at radius 2 is 0.907 bits per heavy atom. The topological polar surface area (TPSA) is 47.9 Å². The molecule has 0 amide bonds. The molecular formula is C50H33N3O. The largest absolute Gasteiger partial charge is 0.488 e. The van der Waals surface area contributed by atoms with Gasteiger partial charge in [-0.2, -0.15) is 0 Å². The molecule has 2 heterocycles. The highest BCUT2D eigenvalue weighted by molar-refractivity contribution is 6.01. The van der Waals surface area contributed by atoms with Gasteiger partial charge in [0.1, 0.15) is 12.3 Å². The summed E-state index contributed by atoms with van der Waals surface area (Å²) in [4.78, 5) is 15.5. The molecule has 0 saturated heterocycles. The Labute approximate surface area is 316 Å². The summed E-state index contributed by atoms with van der Waals surface area (Å²) in [6, 6.07) is 63.4. The van der Waals surface area contributed by atoms with Gasteiger partial charge in [-0.3, -0.25) is 0 Å². The molecular weight excluding hydrogens is 659 g/mol. The molecule has 254 valence electrons. The molecule has 4 heteroatoms. The minimum Gasteiger partial charge on any atom is -0.488 e. The molecule has 0 bridgehead atoms. The third kappa shape index (κ3) is 5.80. The lowest BCUT2D eigenvalue weighted by Crippen LogP contribution is -2.06. The fourth-order valence-electron chi connectivity index (χ4n) is 7.33. The predicted octanol–water partition coefficient (Wildman–Crippen LogP) is 12.6. The standard InChI is InChI=1S/C50H33N3O/c1-3-12-33(13-4-1)35-22-26-37(27-23-35)48-51-49(38-28-24-36(25-29-38)34-14-5-2-6-15-34)53-50(52-48)45-31-41(30-39-16-7-9-18-42(39)45)44-20-11-21-46-47(44)43-19-10-8-17-40(43)32-54-46/h1-31H,32H2/i32D2. The van der Waals surface area contributed by atoms with Gasteiger partial charge in [-0.05, 0) is 73.5 Å². The molecule has 1 aliphatic heterocycles. The molecule has 0 fully saturated rings. The van der Waals surface area contributed by atoms with Crippen molar-refractivity contribution in [2.24, 2.45) is 0 Å². The van der Waals surface area contributed by atoms with Crippen LogP contribution < -0.4 is 4.74 Å². The molecule has 0 unspecified atom stereocenters. The van der Waals surface area contributed by atoms with E-state index in [1.807, 2.05) is 78.9 Å². The minimum absolute atomic E-state index is 0.503. The third-order valence-corrected chi connectivity index (χ3v) is 10.0. The Bertz CT molecular complexity index is 2790. The second-order valence-electron chi connectivity index (χ2n) is 13.4. The molecule has 8 aromatic carbocycles. The first kappa shape index (κ1) is 29.4. The monoisotopic (exact) mass is 693 g/mol. The molecule has 0 spiro atoms. The number of fused-ring (bicyclic) bond motifs is 4. The number of benzene rings is 8. The number of nitrogens with zero attached hydrogens (tertiary/aromatic N) is 3. The maximum Gasteiger partial charge on any atom is 0.164 e. The van der Waals surface area contributed by atoms with E-state index in [1.165, 1.54) is 0 Å². The zero-order valence-electron chi connectivity index (χ0n) is 31.1. The van der Waals surface area contributed by atoms with Crippen molar-refractivity contribution in [3.63, 3.8) is 0 Å². The minimum atomic E-state index is -1.95. The Morgan fingerprint density at radius 1 is 0.389 bits per heavy atom. The van der Waals surface area contributed by atoms with E-state index in [2.05, 4.69) is 103 Å². The normalized spacial score (nSPS) is 13.3. The van der Waals surface area contributed by atoms with Crippen molar-refractivity contribution in [1.82, 2.24) is 15.0 Å². The summed E-state index contributed by atoms with van der Waals surface area (Å²) in [5.74, 6) is 2.21. The zero-order chi connectivity index (χ0) is 37.6. The summed E-state index contributed by atoms with van der Waals surface area (Å²) in [7, 11) is 0. The second kappa shape index (κ2) is 13.4. The molecule has 9 aromatic rings. The SMILES string of the molecule is [2H]C1([2H])Oc2cccc(-c3cc(-c4nc(-c5ccc(-c6ccccc6)cc5)nc(-c5ccc(-c6ccccc6)cc5)n4)c4ccccc4c3)c2-c2ccccc21. The van der Waals surface area contributed by atoms with Crippen LogP contribution in [-0.4, -0.2) is 15.0 Å². The maximum atomic E-state index is 8.68. The van der Waals surface area contributed by atoms with Crippen LogP contribution in [0.15, 0.2) is 188 Å². The summed E-state index contributed by atoms with van der Waals surface area (Å²) in [6.07, 6.45) is 0. The van der Waals surface area contributed by atoms with E-state index in [1.54, 1.807) is 6.07 Å². The highest BCUT2D eigenvalue weighted by Crippen LogP contribution is 2.45. The molecule has 10 rings (SSSR count). The van der Waals surface area contributed by atoms with Crippen LogP contribution in [-0.2, 0) is 6.56 Å². The number of ether oxygens (including phenoxy) is 1. The van der Waals surface area contributed by atoms with Crippen LogP contribution >= 0.6 is 0 Å². The van der Waals surface area contributed by atoms with Crippen molar-refractivity contribution in [2.75, 3.05) is 0 Å². The molecule has 0 atom stereocenters. The molecule has 1 aliphatic rings. The van der Waals surface area contributed by atoms with Crippen LogP contribution in [0.3, 0.4) is 0 Å². The molecule has 0 saturated carbocycles. The first-order valence-corrected chi connectivity index (χ1v) is 18.0. The molecule has 1 aromatic heterocycles. The van der Waals surface area contributed by atoms with Crippen molar-refractivity contribution in [3.8, 4) is 84.4 Å². The van der Waals surface area contributed by atoms with Crippen molar-refractivity contribution in [2.45, 2.75) is 6.56 Å². The van der Waals surface area contributed by atoms with E-state index in [0.717, 1.165) is 72.0 Å². The summed E-state index contributed by atoms with van der Waals surface area (Å²) < 4.78 is 23.4. The third-order valence-electron chi connectivity index (χ3n) is 10.0. The van der Waals surface area contributed by atoms with Crippen LogP contribution in [0.4, 0.5) is 0 Å². The lowest BCUT2D eigenvalue weighted by molar-refractivity contribution is 0.302. The smallest absolute Gasteiger partial charge is 0.164 e. The quantitative estimate of drug-likeness (QED) is 0.174. The van der Waals surface area contributed by atoms with Crippen LogP contribution in [0.2, 0.25) is 0 Å². The van der Waals surface area contributed by atoms with Crippen LogP contribution in [0.5, 0.6) is 5.75 Å². The van der Waals surface area contributed by atoms with Gasteiger partial charge in [0.2, 0.25) is 0 Å². The van der Waals surface area contributed by atoms with E-state index < -0.39 is 6.56 Å². The van der Waals surface area contributed by atoms with Gasteiger partial charge in [-0.15, -0.1) is 0 Å². The molecule has 54 heavy (non-hydrogen) atoms. The number of rotatable bonds is 6. The lowest BCUT2D eigenvalue weighted by Gasteiger charge is -2.24. The average molecular weight is 694 g/mol. The number of hydrogen-bond acceptors (Lipinski definition) is 4. The van der Waals surface area contributed by atoms with Gasteiger partial charge in [0.05, 0.1) is 2.74 Å². The van der Waals surface area contributed by atoms with Crippen LogP contribution in [0.1, 0.15) is 8.30 Å². The summed E-state index contributed by atoms with van der Waals surface area (Å²) >= 11 is 0. The number of hydrogen-bond donors (Lipinski definition) is 0. The van der Waals surface area contributed by atoms with Gasteiger partial charge in [-0.1, -0.05) is 170 Å². The summed E-state index contributed by atoms with van der Waals surface area (Å²) in [6.45, 7) is -1.95. The molecule has 0 N–H and O–H groups in total. The Kier molecular flexibility index (Phi) is 7.31. The first-order chi connectivity index (χ1) is 27.5. The Morgan fingerprint density at radius 3 is 1.57 bits per heavy atom. The van der Waals surface area contributed by atoms with Crippen molar-refractivity contribution in [1.29, 1.82) is 0 Å². The Balaban J connectivity index is 1.16. The van der Waals surface area contributed by atoms with E-state index in [0.29, 0.717) is 28.8 Å². The van der Waals surface area contributed by atoms with Gasteiger partial charge in [0.15, 0.2) is 17.5 Å². The van der Waals surface area contributed by atoms with Gasteiger partial charge in [-0.25, -0.2) is 15.0 Å². The predicted molar refractivity (Wildman–Crippen MR) is 220 cm³/mol. The fraction of sp³-hybridized carbons (Fsp3) is 0.0200. The lowest BCUT2D eigenvalue weighted by atomic mass is 9.88. The molecule has 0 aliphatic carbocycles. The van der Waals surface area contributed by atoms with Gasteiger partial charge in [0.25, 0.3) is 0 Å². The van der Waals surface area contributed by atoms with E-state index in [9.17, 15) is 0 Å². The van der Waals surface area contributed by atoms with E-state index in [-0.39, 0.29) is 0 Å². The van der Waals surface area contributed by atoms with Crippen molar-refractivity contribution < 1.29 is 7.48 Å². The molecule has 4 nitrogen and oxygen atoms in total. The van der Waals surface area contributed by atoms with Crippen molar-refractivity contribution >= 4 is 10.8 Å². The van der Waals surface area contributed by atoms with Crippen LogP contribution in [0, 0.1) is 0 Å². The van der Waals surface area contributed by atoms with Gasteiger partial charge < -0.3 is 4.74 Å². The molecule has 0 radical (unpaired) electrons. The Hall–Kier alpha value is -7.17. The zero-order valence-corrected chi connectivity index (χ0v) is 29.1. The van der Waals surface area contributed by atoms with E-state index in [4.69, 9.17) is 22.4 Å². The highest BCUT2D eigenvalue weighted by atomic mass is 16.5. The summed E-state index contributed by atoms with van der Waals surface area (Å²) in [5, 5.41) is 2.04. The second-order valence-corrected chi connectivity index (χ2v) is 13.4. The van der Waals surface area contributed by atoms with Crippen molar-refractivity contribution in [3.05, 3.63) is 194 Å².